The zero-order chi connectivity index (χ0) is 14.3. The summed E-state index contributed by atoms with van der Waals surface area (Å²) in [7, 11) is 0. The maximum Gasteiger partial charge on any atom is 0.327 e. The smallest absolute Gasteiger partial charge is 0.327 e. The number of hydrogen-bond donors (Lipinski definition) is 1. The van der Waals surface area contributed by atoms with E-state index in [1.54, 1.807) is 16.7 Å². The van der Waals surface area contributed by atoms with Crippen molar-refractivity contribution in [2.45, 2.75) is 56.5 Å². The minimum absolute atomic E-state index is 0.0342. The minimum Gasteiger partial charge on any atom is -0.480 e. The molecular formula is C14H22N2O3S. The van der Waals surface area contributed by atoms with Crippen LogP contribution in [0.3, 0.4) is 0 Å². The Morgan fingerprint density at radius 3 is 2.70 bits per heavy atom. The van der Waals surface area contributed by atoms with Gasteiger partial charge in [-0.15, -0.1) is 11.8 Å². The zero-order valence-corrected chi connectivity index (χ0v) is 12.6. The molecule has 4 unspecified atom stereocenters. The molecule has 0 aromatic heterocycles. The van der Waals surface area contributed by atoms with Crippen LogP contribution in [0.1, 0.15) is 39.0 Å². The Labute approximate surface area is 123 Å². The number of rotatable bonds is 3. The number of carbonyl (C=O) groups excluding carboxylic acids is 1. The third-order valence-electron chi connectivity index (χ3n) is 4.79. The molecule has 2 heterocycles. The van der Waals surface area contributed by atoms with Crippen LogP contribution in [0.25, 0.3) is 0 Å². The number of hydrogen-bond acceptors (Lipinski definition) is 3. The molecule has 2 aliphatic heterocycles. The van der Waals surface area contributed by atoms with Crippen LogP contribution in [-0.2, 0) is 4.79 Å². The van der Waals surface area contributed by atoms with E-state index in [0.717, 1.165) is 32.2 Å². The highest BCUT2D eigenvalue weighted by Gasteiger charge is 2.47. The average Bonchev–Trinajstić information content (AvgIpc) is 3.12. The van der Waals surface area contributed by atoms with Crippen molar-refractivity contribution >= 4 is 23.8 Å². The molecule has 20 heavy (non-hydrogen) atoms. The highest BCUT2D eigenvalue weighted by molar-refractivity contribution is 8.00. The van der Waals surface area contributed by atoms with Crippen molar-refractivity contribution in [2.75, 3.05) is 12.3 Å². The molecule has 3 rings (SSSR count). The molecule has 2 amide bonds. The summed E-state index contributed by atoms with van der Waals surface area (Å²) in [6, 6.07) is -0.328. The number of carbonyl (C=O) groups is 2. The first-order valence-corrected chi connectivity index (χ1v) is 8.60. The van der Waals surface area contributed by atoms with E-state index in [1.807, 2.05) is 4.90 Å². The second-order valence-corrected chi connectivity index (χ2v) is 7.32. The lowest BCUT2D eigenvalue weighted by molar-refractivity contribution is -0.141. The molecule has 6 heteroatoms. The normalized spacial score (nSPS) is 35.9. The zero-order valence-electron chi connectivity index (χ0n) is 11.8. The molecule has 1 N–H and O–H groups in total. The number of thioether (sulfide) groups is 1. The van der Waals surface area contributed by atoms with Crippen LogP contribution in [0, 0.1) is 5.92 Å². The van der Waals surface area contributed by atoms with E-state index in [1.165, 1.54) is 6.42 Å². The number of fused-ring (bicyclic) bond motifs is 2. The van der Waals surface area contributed by atoms with Gasteiger partial charge in [-0.1, -0.05) is 13.3 Å². The van der Waals surface area contributed by atoms with Gasteiger partial charge >= 0.3 is 12.0 Å². The van der Waals surface area contributed by atoms with Gasteiger partial charge in [0, 0.05) is 18.3 Å². The molecule has 2 saturated heterocycles. The van der Waals surface area contributed by atoms with Crippen LogP contribution in [0.2, 0.25) is 0 Å². The van der Waals surface area contributed by atoms with Gasteiger partial charge in [-0.2, -0.15) is 0 Å². The van der Waals surface area contributed by atoms with Crippen molar-refractivity contribution in [3.63, 3.8) is 0 Å². The number of carboxylic acids is 1. The van der Waals surface area contributed by atoms with Crippen molar-refractivity contribution in [1.29, 1.82) is 0 Å². The summed E-state index contributed by atoms with van der Waals surface area (Å²) in [4.78, 5) is 27.8. The summed E-state index contributed by atoms with van der Waals surface area (Å²) in [5.74, 6) is 0.300. The number of urea groups is 1. The number of amides is 2. The number of carboxylic acid groups (broad SMARTS) is 1. The molecule has 3 fully saturated rings. The highest BCUT2D eigenvalue weighted by atomic mass is 32.2. The molecule has 2 bridgehead atoms. The monoisotopic (exact) mass is 298 g/mol. The lowest BCUT2D eigenvalue weighted by Gasteiger charge is -2.35. The van der Waals surface area contributed by atoms with Crippen LogP contribution in [0.15, 0.2) is 0 Å². The van der Waals surface area contributed by atoms with E-state index in [9.17, 15) is 14.7 Å². The maximum atomic E-state index is 12.8. The summed E-state index contributed by atoms with van der Waals surface area (Å²) in [6.07, 6.45) is 5.28. The molecule has 4 atom stereocenters. The first kappa shape index (κ1) is 14.0. The first-order chi connectivity index (χ1) is 9.61. The molecule has 1 saturated carbocycles. The Morgan fingerprint density at radius 1 is 1.35 bits per heavy atom. The predicted octanol–water partition coefficient (Wildman–Crippen LogP) is 2.22. The summed E-state index contributed by atoms with van der Waals surface area (Å²) in [5, 5.41) is 9.40. The van der Waals surface area contributed by atoms with Crippen LogP contribution in [-0.4, -0.2) is 56.7 Å². The third kappa shape index (κ3) is 2.28. The SMILES string of the molecule is CCCC1SCC(C(=O)O)N1C(=O)N1CC2CCC1C2. The standard InChI is InChI=1S/C14H22N2O3S/c1-2-3-12-16(11(8-20-12)13(17)18)14(19)15-7-9-4-5-10(15)6-9/h9-12H,2-8H2,1H3,(H,17,18). The summed E-state index contributed by atoms with van der Waals surface area (Å²) in [5.41, 5.74) is 0. The third-order valence-corrected chi connectivity index (χ3v) is 6.14. The number of piperidine rings is 1. The fourth-order valence-electron chi connectivity index (χ4n) is 3.79. The number of aliphatic carboxylic acids is 1. The summed E-state index contributed by atoms with van der Waals surface area (Å²) >= 11 is 1.62. The van der Waals surface area contributed by atoms with Crippen molar-refractivity contribution in [3.05, 3.63) is 0 Å². The lowest BCUT2D eigenvalue weighted by Crippen LogP contribution is -2.53. The molecular weight excluding hydrogens is 276 g/mol. The van der Waals surface area contributed by atoms with Gasteiger partial charge in [-0.3, -0.25) is 4.90 Å². The van der Waals surface area contributed by atoms with E-state index in [4.69, 9.17) is 0 Å². The Hall–Kier alpha value is -0.910. The molecule has 0 aromatic rings. The van der Waals surface area contributed by atoms with Crippen molar-refractivity contribution in [1.82, 2.24) is 9.80 Å². The molecule has 112 valence electrons. The van der Waals surface area contributed by atoms with Crippen LogP contribution in [0.5, 0.6) is 0 Å². The molecule has 0 radical (unpaired) electrons. The van der Waals surface area contributed by atoms with Gasteiger partial charge in [0.2, 0.25) is 0 Å². The highest BCUT2D eigenvalue weighted by Crippen LogP contribution is 2.40. The predicted molar refractivity (Wildman–Crippen MR) is 77.6 cm³/mol. The quantitative estimate of drug-likeness (QED) is 0.868. The van der Waals surface area contributed by atoms with Gasteiger partial charge in [-0.25, -0.2) is 9.59 Å². The van der Waals surface area contributed by atoms with Crippen molar-refractivity contribution in [2.24, 2.45) is 5.92 Å². The fourth-order valence-corrected chi connectivity index (χ4v) is 5.29. The van der Waals surface area contributed by atoms with E-state index in [0.29, 0.717) is 17.7 Å². The van der Waals surface area contributed by atoms with Gasteiger partial charge < -0.3 is 10.0 Å². The minimum atomic E-state index is -0.867. The largest absolute Gasteiger partial charge is 0.480 e. The van der Waals surface area contributed by atoms with Crippen LogP contribution >= 0.6 is 11.8 Å². The fraction of sp³-hybridized carbons (Fsp3) is 0.857. The summed E-state index contributed by atoms with van der Waals surface area (Å²) < 4.78 is 0. The van der Waals surface area contributed by atoms with Gasteiger partial charge in [-0.05, 0) is 31.6 Å². The molecule has 3 aliphatic rings. The van der Waals surface area contributed by atoms with Gasteiger partial charge in [0.25, 0.3) is 0 Å². The summed E-state index contributed by atoms with van der Waals surface area (Å²) in [6.45, 7) is 2.91. The van der Waals surface area contributed by atoms with Crippen LogP contribution in [0.4, 0.5) is 4.79 Å². The Kier molecular flexibility index (Phi) is 3.84. The molecule has 5 nitrogen and oxygen atoms in total. The van der Waals surface area contributed by atoms with E-state index in [-0.39, 0.29) is 11.4 Å². The van der Waals surface area contributed by atoms with E-state index >= 15 is 0 Å². The number of likely N-dealkylation sites (tertiary alicyclic amines) is 1. The molecule has 0 aromatic carbocycles. The Morgan fingerprint density at radius 2 is 2.15 bits per heavy atom. The molecule has 0 spiro atoms. The second-order valence-electron chi connectivity index (χ2n) is 6.11. The topological polar surface area (TPSA) is 60.9 Å². The average molecular weight is 298 g/mol. The second kappa shape index (κ2) is 5.47. The van der Waals surface area contributed by atoms with Gasteiger partial charge in [0.1, 0.15) is 6.04 Å². The van der Waals surface area contributed by atoms with Gasteiger partial charge in [0.15, 0.2) is 0 Å². The van der Waals surface area contributed by atoms with E-state index in [2.05, 4.69) is 6.92 Å². The maximum absolute atomic E-state index is 12.8. The molecule has 1 aliphatic carbocycles. The van der Waals surface area contributed by atoms with Crippen molar-refractivity contribution in [3.8, 4) is 0 Å². The van der Waals surface area contributed by atoms with Gasteiger partial charge in [0.05, 0.1) is 5.37 Å². The lowest BCUT2D eigenvalue weighted by atomic mass is 10.1. The Bertz CT molecular complexity index is 417. The van der Waals surface area contributed by atoms with Crippen LogP contribution < -0.4 is 0 Å². The number of nitrogens with zero attached hydrogens (tertiary/aromatic N) is 2. The first-order valence-electron chi connectivity index (χ1n) is 7.55. The van der Waals surface area contributed by atoms with E-state index < -0.39 is 12.0 Å². The Balaban J connectivity index is 1.77. The van der Waals surface area contributed by atoms with Crippen molar-refractivity contribution < 1.29 is 14.7 Å².